The van der Waals surface area contributed by atoms with E-state index < -0.39 is 29.4 Å². The molecule has 8 heteroatoms. The molecular formula is C17H16F3N3O2. The van der Waals surface area contributed by atoms with Gasteiger partial charge in [0.05, 0.1) is 6.42 Å². The summed E-state index contributed by atoms with van der Waals surface area (Å²) in [6.45, 7) is -0.0163. The van der Waals surface area contributed by atoms with Crippen molar-refractivity contribution in [1.82, 2.24) is 16.2 Å². The molecule has 0 aromatic heterocycles. The van der Waals surface area contributed by atoms with Gasteiger partial charge in [0.25, 0.3) is 0 Å². The molecule has 3 amide bonds. The first-order valence-corrected chi connectivity index (χ1v) is 7.45. The van der Waals surface area contributed by atoms with Gasteiger partial charge < -0.3 is 5.32 Å². The molecule has 0 atom stereocenters. The lowest BCUT2D eigenvalue weighted by Gasteiger charge is -2.10. The van der Waals surface area contributed by atoms with E-state index in [0.29, 0.717) is 5.56 Å². The minimum absolute atomic E-state index is 0.0163. The maximum Gasteiger partial charge on any atom is 0.333 e. The summed E-state index contributed by atoms with van der Waals surface area (Å²) in [5.41, 5.74) is 4.75. The number of amides is 3. The Kier molecular flexibility index (Phi) is 6.39. The Balaban J connectivity index is 1.70. The van der Waals surface area contributed by atoms with Crippen molar-refractivity contribution in [2.75, 3.05) is 6.54 Å². The molecule has 2 aromatic carbocycles. The summed E-state index contributed by atoms with van der Waals surface area (Å²) in [5, 5.41) is 2.36. The lowest BCUT2D eigenvalue weighted by atomic mass is 10.1. The highest BCUT2D eigenvalue weighted by atomic mass is 19.1. The van der Waals surface area contributed by atoms with Crippen molar-refractivity contribution in [3.63, 3.8) is 0 Å². The van der Waals surface area contributed by atoms with E-state index in [0.717, 1.165) is 12.1 Å². The van der Waals surface area contributed by atoms with Gasteiger partial charge in [0, 0.05) is 12.1 Å². The molecule has 2 aromatic rings. The molecule has 132 valence electrons. The molecule has 0 aliphatic rings. The number of benzene rings is 2. The van der Waals surface area contributed by atoms with Gasteiger partial charge in [-0.1, -0.05) is 18.2 Å². The molecule has 5 nitrogen and oxygen atoms in total. The molecule has 0 unspecified atom stereocenters. The molecule has 0 saturated heterocycles. The Hall–Kier alpha value is -3.03. The summed E-state index contributed by atoms with van der Waals surface area (Å²) in [7, 11) is 0. The Morgan fingerprint density at radius 2 is 1.52 bits per heavy atom. The maximum absolute atomic E-state index is 13.4. The fourth-order valence-electron chi connectivity index (χ4n) is 2.07. The van der Waals surface area contributed by atoms with Crippen molar-refractivity contribution in [3.05, 3.63) is 71.0 Å². The van der Waals surface area contributed by atoms with Crippen LogP contribution in [0.5, 0.6) is 0 Å². The number of urea groups is 1. The van der Waals surface area contributed by atoms with Gasteiger partial charge in [-0.05, 0) is 36.2 Å². The first-order chi connectivity index (χ1) is 12.0. The highest BCUT2D eigenvalue weighted by molar-refractivity contribution is 5.82. The lowest BCUT2D eigenvalue weighted by molar-refractivity contribution is -0.121. The largest absolute Gasteiger partial charge is 0.336 e. The van der Waals surface area contributed by atoms with Crippen LogP contribution in [0.2, 0.25) is 0 Å². The van der Waals surface area contributed by atoms with Gasteiger partial charge in [-0.3, -0.25) is 10.2 Å². The van der Waals surface area contributed by atoms with E-state index >= 15 is 0 Å². The number of carbonyl (C=O) groups excluding carboxylic acids is 2. The van der Waals surface area contributed by atoms with Crippen LogP contribution >= 0.6 is 0 Å². The van der Waals surface area contributed by atoms with Crippen LogP contribution in [0.3, 0.4) is 0 Å². The summed E-state index contributed by atoms with van der Waals surface area (Å²) in [4.78, 5) is 23.2. The highest BCUT2D eigenvalue weighted by Crippen LogP contribution is 2.11. The van der Waals surface area contributed by atoms with Crippen LogP contribution in [0.1, 0.15) is 11.1 Å². The fourth-order valence-corrected chi connectivity index (χ4v) is 2.07. The number of nitrogens with one attached hydrogen (secondary N) is 3. The van der Waals surface area contributed by atoms with E-state index in [1.807, 2.05) is 0 Å². The van der Waals surface area contributed by atoms with Crippen molar-refractivity contribution in [3.8, 4) is 0 Å². The standard InChI is InChI=1S/C17H16F3N3O2/c18-12-6-4-11(5-7-12)10-16(24)22-23-17(25)21-9-8-13-14(19)2-1-3-15(13)20/h1-7H,8-10H2,(H,22,24)(H2,21,23,25). The monoisotopic (exact) mass is 351 g/mol. The SMILES string of the molecule is O=C(Cc1ccc(F)cc1)NNC(=O)NCCc1c(F)cccc1F. The number of hydrogen-bond donors (Lipinski definition) is 3. The molecule has 0 aliphatic carbocycles. The second kappa shape index (κ2) is 8.72. The minimum atomic E-state index is -0.718. The zero-order chi connectivity index (χ0) is 18.2. The Morgan fingerprint density at radius 3 is 2.16 bits per heavy atom. The molecule has 3 N–H and O–H groups in total. The molecule has 0 heterocycles. The van der Waals surface area contributed by atoms with Crippen LogP contribution in [0, 0.1) is 17.5 Å². The van der Waals surface area contributed by atoms with Gasteiger partial charge in [-0.25, -0.2) is 23.4 Å². The Bertz CT molecular complexity index is 731. The predicted octanol–water partition coefficient (Wildman–Crippen LogP) is 2.22. The first kappa shape index (κ1) is 18.3. The van der Waals surface area contributed by atoms with E-state index in [2.05, 4.69) is 16.2 Å². The third-order valence-corrected chi connectivity index (χ3v) is 3.32. The fraction of sp³-hybridized carbons (Fsp3) is 0.176. The van der Waals surface area contributed by atoms with E-state index in [9.17, 15) is 22.8 Å². The average Bonchev–Trinajstić information content (AvgIpc) is 2.58. The van der Waals surface area contributed by atoms with E-state index in [-0.39, 0.29) is 24.9 Å². The Labute approximate surface area is 142 Å². The molecular weight excluding hydrogens is 335 g/mol. The molecule has 0 spiro atoms. The van der Waals surface area contributed by atoms with Crippen LogP contribution in [-0.2, 0) is 17.6 Å². The van der Waals surface area contributed by atoms with Gasteiger partial charge in [0.15, 0.2) is 0 Å². The van der Waals surface area contributed by atoms with Crippen molar-refractivity contribution in [2.24, 2.45) is 0 Å². The Morgan fingerprint density at radius 1 is 0.880 bits per heavy atom. The summed E-state index contributed by atoms with van der Waals surface area (Å²) in [5.74, 6) is -2.28. The molecule has 0 bridgehead atoms. The predicted molar refractivity (Wildman–Crippen MR) is 84.8 cm³/mol. The quantitative estimate of drug-likeness (QED) is 0.723. The first-order valence-electron chi connectivity index (χ1n) is 7.45. The van der Waals surface area contributed by atoms with Crippen LogP contribution in [-0.4, -0.2) is 18.5 Å². The van der Waals surface area contributed by atoms with Crippen LogP contribution < -0.4 is 16.2 Å². The summed E-state index contributed by atoms with van der Waals surface area (Å²) >= 11 is 0. The zero-order valence-corrected chi connectivity index (χ0v) is 13.1. The van der Waals surface area contributed by atoms with Gasteiger partial charge in [-0.2, -0.15) is 0 Å². The van der Waals surface area contributed by atoms with Gasteiger partial charge in [-0.15, -0.1) is 0 Å². The number of hydrogen-bond acceptors (Lipinski definition) is 2. The smallest absolute Gasteiger partial charge is 0.333 e. The molecule has 0 saturated carbocycles. The van der Waals surface area contributed by atoms with Gasteiger partial charge >= 0.3 is 6.03 Å². The van der Waals surface area contributed by atoms with E-state index in [1.165, 1.54) is 30.3 Å². The minimum Gasteiger partial charge on any atom is -0.336 e. The van der Waals surface area contributed by atoms with E-state index in [4.69, 9.17) is 0 Å². The topological polar surface area (TPSA) is 70.2 Å². The summed E-state index contributed by atoms with van der Waals surface area (Å²) in [6, 6.07) is 8.17. The van der Waals surface area contributed by atoms with Gasteiger partial charge in [0.1, 0.15) is 17.5 Å². The second-order valence-electron chi connectivity index (χ2n) is 5.18. The van der Waals surface area contributed by atoms with Crippen molar-refractivity contribution in [2.45, 2.75) is 12.8 Å². The van der Waals surface area contributed by atoms with Gasteiger partial charge in [0.2, 0.25) is 5.91 Å². The van der Waals surface area contributed by atoms with Crippen molar-refractivity contribution in [1.29, 1.82) is 0 Å². The zero-order valence-electron chi connectivity index (χ0n) is 13.1. The molecule has 25 heavy (non-hydrogen) atoms. The lowest BCUT2D eigenvalue weighted by Crippen LogP contribution is -2.47. The van der Waals surface area contributed by atoms with Crippen LogP contribution in [0.25, 0.3) is 0 Å². The second-order valence-corrected chi connectivity index (χ2v) is 5.18. The maximum atomic E-state index is 13.4. The number of carbonyl (C=O) groups is 2. The van der Waals surface area contributed by atoms with Crippen molar-refractivity contribution >= 4 is 11.9 Å². The highest BCUT2D eigenvalue weighted by Gasteiger charge is 2.09. The summed E-state index contributed by atoms with van der Waals surface area (Å²) < 4.78 is 39.6. The van der Waals surface area contributed by atoms with Crippen LogP contribution in [0.15, 0.2) is 42.5 Å². The normalized spacial score (nSPS) is 10.2. The summed E-state index contributed by atoms with van der Waals surface area (Å²) in [6.07, 6.45) is -0.0730. The van der Waals surface area contributed by atoms with E-state index in [1.54, 1.807) is 0 Å². The van der Waals surface area contributed by atoms with Crippen LogP contribution in [0.4, 0.5) is 18.0 Å². The third-order valence-electron chi connectivity index (χ3n) is 3.32. The third kappa shape index (κ3) is 5.83. The number of hydrazine groups is 1. The molecule has 0 fully saturated rings. The molecule has 0 aliphatic heterocycles. The molecule has 2 rings (SSSR count). The number of halogens is 3. The average molecular weight is 351 g/mol. The van der Waals surface area contributed by atoms with Crippen molar-refractivity contribution < 1.29 is 22.8 Å². The number of rotatable bonds is 5. The molecule has 0 radical (unpaired) electrons.